The van der Waals surface area contributed by atoms with Crippen LogP contribution in [0.4, 0.5) is 5.69 Å². The van der Waals surface area contributed by atoms with E-state index < -0.39 is 17.5 Å². The molecule has 1 unspecified atom stereocenters. The molecule has 2 heterocycles. The minimum Gasteiger partial charge on any atom is -0.345 e. The highest BCUT2D eigenvalue weighted by molar-refractivity contribution is 6.30. The highest BCUT2D eigenvalue weighted by Crippen LogP contribution is 2.24. The van der Waals surface area contributed by atoms with Crippen LogP contribution in [0.5, 0.6) is 0 Å². The number of benzene rings is 2. The highest BCUT2D eigenvalue weighted by Gasteiger charge is 2.21. The van der Waals surface area contributed by atoms with E-state index in [-0.39, 0.29) is 11.5 Å². The van der Waals surface area contributed by atoms with Crippen molar-refractivity contribution in [3.63, 3.8) is 0 Å². The van der Waals surface area contributed by atoms with Gasteiger partial charge < -0.3 is 10.6 Å². The van der Waals surface area contributed by atoms with Gasteiger partial charge in [0.1, 0.15) is 11.3 Å². The zero-order valence-electron chi connectivity index (χ0n) is 19.3. The Labute approximate surface area is 206 Å². The number of carbonyl (C=O) groups excluding carboxylic acids is 2. The quantitative estimate of drug-likeness (QED) is 0.428. The summed E-state index contributed by atoms with van der Waals surface area (Å²) in [6.07, 6.45) is 3.13. The second-order valence-electron chi connectivity index (χ2n) is 8.00. The van der Waals surface area contributed by atoms with Gasteiger partial charge in [0.25, 0.3) is 11.5 Å². The first-order valence-corrected chi connectivity index (χ1v) is 11.2. The summed E-state index contributed by atoms with van der Waals surface area (Å²) in [4.78, 5) is 38.2. The Balaban J connectivity index is 1.75. The average Bonchev–Trinajstić information content (AvgIpc) is 3.25. The van der Waals surface area contributed by atoms with Crippen molar-refractivity contribution in [1.29, 1.82) is 0 Å². The zero-order chi connectivity index (χ0) is 25.1. The van der Waals surface area contributed by atoms with Crippen molar-refractivity contribution < 1.29 is 9.59 Å². The first kappa shape index (κ1) is 23.9. The summed E-state index contributed by atoms with van der Waals surface area (Å²) in [6, 6.07) is 15.0. The Bertz CT molecular complexity index is 1460. The fraction of sp³-hybridized carbons (Fsp3) is 0.160. The van der Waals surface area contributed by atoms with E-state index in [1.54, 1.807) is 67.3 Å². The minimum atomic E-state index is -0.587. The molecule has 0 aliphatic heterocycles. The summed E-state index contributed by atoms with van der Waals surface area (Å²) >= 11 is 6.02. The van der Waals surface area contributed by atoms with Crippen molar-refractivity contribution in [1.82, 2.24) is 24.9 Å². The van der Waals surface area contributed by atoms with Gasteiger partial charge in [-0.1, -0.05) is 41.9 Å². The van der Waals surface area contributed by atoms with E-state index in [2.05, 4.69) is 20.8 Å². The van der Waals surface area contributed by atoms with E-state index in [1.165, 1.54) is 19.2 Å². The Hall–Kier alpha value is -4.24. The topological polar surface area (TPSA) is 111 Å². The van der Waals surface area contributed by atoms with Gasteiger partial charge in [-0.05, 0) is 36.8 Å². The van der Waals surface area contributed by atoms with Crippen molar-refractivity contribution in [3.8, 4) is 16.9 Å². The van der Waals surface area contributed by atoms with Crippen LogP contribution >= 0.6 is 11.6 Å². The van der Waals surface area contributed by atoms with Crippen LogP contribution in [0.15, 0.2) is 71.8 Å². The maximum absolute atomic E-state index is 13.3. The summed E-state index contributed by atoms with van der Waals surface area (Å²) in [7, 11) is 1.72. The molecular weight excluding hydrogens is 468 g/mol. The smallest absolute Gasteiger partial charge is 0.284 e. The molecule has 178 valence electrons. The largest absolute Gasteiger partial charge is 0.345 e. The number of aryl methyl sites for hydroxylation is 1. The van der Waals surface area contributed by atoms with E-state index in [9.17, 15) is 14.4 Å². The van der Waals surface area contributed by atoms with Gasteiger partial charge in [0.2, 0.25) is 5.91 Å². The molecule has 4 rings (SSSR count). The molecule has 0 spiro atoms. The first-order chi connectivity index (χ1) is 16.7. The van der Waals surface area contributed by atoms with Crippen molar-refractivity contribution in [2.75, 3.05) is 5.32 Å². The SMILES string of the molecule is CC(=O)Nc1ccccc1C(C)NC(=O)c1cc(-c2ccc(Cl)cc2)nn(-c2cnn(C)c2)c1=O. The second-order valence-corrected chi connectivity index (χ2v) is 8.44. The third-order valence-corrected chi connectivity index (χ3v) is 5.57. The van der Waals surface area contributed by atoms with Crippen LogP contribution in [0.2, 0.25) is 5.02 Å². The van der Waals surface area contributed by atoms with Crippen molar-refractivity contribution in [2.45, 2.75) is 19.9 Å². The molecule has 2 aromatic heterocycles. The van der Waals surface area contributed by atoms with Crippen LogP contribution in [0.1, 0.15) is 35.8 Å². The van der Waals surface area contributed by atoms with Crippen molar-refractivity contribution in [3.05, 3.63) is 93.5 Å². The third-order valence-electron chi connectivity index (χ3n) is 5.32. The van der Waals surface area contributed by atoms with E-state index in [0.29, 0.717) is 33.2 Å². The predicted octanol–water partition coefficient (Wildman–Crippen LogP) is 3.74. The molecule has 2 N–H and O–H groups in total. The monoisotopic (exact) mass is 490 g/mol. The van der Waals surface area contributed by atoms with Gasteiger partial charge in [0, 0.05) is 30.2 Å². The number of hydrogen-bond acceptors (Lipinski definition) is 5. The molecule has 10 heteroatoms. The molecule has 0 aliphatic carbocycles. The molecule has 0 bridgehead atoms. The number of hydrogen-bond donors (Lipinski definition) is 2. The maximum Gasteiger partial charge on any atom is 0.284 e. The number of rotatable bonds is 6. The molecule has 9 nitrogen and oxygen atoms in total. The van der Waals surface area contributed by atoms with Gasteiger partial charge in [0.05, 0.1) is 24.1 Å². The molecule has 2 amide bonds. The maximum atomic E-state index is 13.3. The fourth-order valence-corrected chi connectivity index (χ4v) is 3.77. The Kier molecular flexibility index (Phi) is 6.79. The first-order valence-electron chi connectivity index (χ1n) is 10.8. The molecule has 0 saturated heterocycles. The lowest BCUT2D eigenvalue weighted by atomic mass is 10.0. The van der Waals surface area contributed by atoms with Gasteiger partial charge in [-0.2, -0.15) is 14.9 Å². The fourth-order valence-electron chi connectivity index (χ4n) is 3.64. The molecule has 0 radical (unpaired) electrons. The van der Waals surface area contributed by atoms with Crippen LogP contribution in [0.3, 0.4) is 0 Å². The molecule has 2 aromatic carbocycles. The van der Waals surface area contributed by atoms with E-state index in [4.69, 9.17) is 11.6 Å². The van der Waals surface area contributed by atoms with Crippen molar-refractivity contribution in [2.24, 2.45) is 7.05 Å². The van der Waals surface area contributed by atoms with Crippen molar-refractivity contribution >= 4 is 29.1 Å². The van der Waals surface area contributed by atoms with E-state index in [1.807, 2.05) is 6.07 Å². The van der Waals surface area contributed by atoms with Crippen LogP contribution in [-0.4, -0.2) is 31.4 Å². The van der Waals surface area contributed by atoms with Gasteiger partial charge in [0.15, 0.2) is 0 Å². The molecule has 1 atom stereocenters. The summed E-state index contributed by atoms with van der Waals surface area (Å²) < 4.78 is 2.70. The Morgan fingerprint density at radius 1 is 1.09 bits per heavy atom. The van der Waals surface area contributed by atoms with E-state index in [0.717, 1.165) is 4.68 Å². The van der Waals surface area contributed by atoms with Crippen LogP contribution in [0.25, 0.3) is 16.9 Å². The summed E-state index contributed by atoms with van der Waals surface area (Å²) in [6.45, 7) is 3.19. The Morgan fingerprint density at radius 3 is 2.46 bits per heavy atom. The summed E-state index contributed by atoms with van der Waals surface area (Å²) in [5, 5.41) is 14.8. The average molecular weight is 491 g/mol. The van der Waals surface area contributed by atoms with Gasteiger partial charge >= 0.3 is 0 Å². The van der Waals surface area contributed by atoms with Crippen LogP contribution < -0.4 is 16.2 Å². The molecule has 0 aliphatic rings. The lowest BCUT2D eigenvalue weighted by Gasteiger charge is -2.18. The van der Waals surface area contributed by atoms with Gasteiger partial charge in [-0.15, -0.1) is 0 Å². The third kappa shape index (κ3) is 5.30. The standard InChI is InChI=1S/C25H23ClN6O3/c1-15(20-6-4-5-7-22(20)29-16(2)33)28-24(34)21-12-23(17-8-10-18(26)11-9-17)30-32(25(21)35)19-13-27-31(3)14-19/h4-15H,1-3H3,(H,28,34)(H,29,33). The highest BCUT2D eigenvalue weighted by atomic mass is 35.5. The number of para-hydroxylation sites is 1. The molecule has 35 heavy (non-hydrogen) atoms. The number of nitrogens with zero attached hydrogens (tertiary/aromatic N) is 4. The number of aromatic nitrogens is 4. The van der Waals surface area contributed by atoms with Crippen LogP contribution in [0, 0.1) is 0 Å². The zero-order valence-corrected chi connectivity index (χ0v) is 20.1. The number of anilines is 1. The molecule has 4 aromatic rings. The second kappa shape index (κ2) is 9.94. The molecular formula is C25H23ClN6O3. The summed E-state index contributed by atoms with van der Waals surface area (Å²) in [5.41, 5.74) is 2.14. The lowest BCUT2D eigenvalue weighted by molar-refractivity contribution is -0.114. The van der Waals surface area contributed by atoms with Gasteiger partial charge in [-0.3, -0.25) is 19.1 Å². The number of carbonyl (C=O) groups is 2. The number of halogens is 1. The molecule has 0 fully saturated rings. The van der Waals surface area contributed by atoms with Gasteiger partial charge in [-0.25, -0.2) is 0 Å². The summed E-state index contributed by atoms with van der Waals surface area (Å²) in [5.74, 6) is -0.799. The molecule has 0 saturated carbocycles. The van der Waals surface area contributed by atoms with Crippen LogP contribution in [-0.2, 0) is 11.8 Å². The Morgan fingerprint density at radius 2 is 1.80 bits per heavy atom. The lowest BCUT2D eigenvalue weighted by Crippen LogP contribution is -2.35. The minimum absolute atomic E-state index is 0.0855. The normalized spacial score (nSPS) is 11.7. The number of amides is 2. The number of nitrogens with one attached hydrogen (secondary N) is 2. The predicted molar refractivity (Wildman–Crippen MR) is 134 cm³/mol. The van der Waals surface area contributed by atoms with E-state index >= 15 is 0 Å².